The second-order valence-corrected chi connectivity index (χ2v) is 5.66. The first-order chi connectivity index (χ1) is 9.49. The van der Waals surface area contributed by atoms with Crippen LogP contribution in [-0.2, 0) is 9.59 Å². The van der Waals surface area contributed by atoms with Crippen molar-refractivity contribution in [1.82, 2.24) is 5.32 Å². The molecule has 0 heterocycles. The molecule has 0 radical (unpaired) electrons. The maximum atomic E-state index is 12.3. The fourth-order valence-electron chi connectivity index (χ4n) is 2.01. The van der Waals surface area contributed by atoms with Gasteiger partial charge in [-0.25, -0.2) is 0 Å². The van der Waals surface area contributed by atoms with Crippen molar-refractivity contribution in [2.45, 2.75) is 33.1 Å². The van der Waals surface area contributed by atoms with Gasteiger partial charge in [0.1, 0.15) is 5.41 Å². The number of carbonyl (C=O) groups excluding carboxylic acids is 2. The minimum Gasteiger partial charge on any atom is -0.355 e. The van der Waals surface area contributed by atoms with E-state index < -0.39 is 5.41 Å². The fourth-order valence-corrected chi connectivity index (χ4v) is 2.19. The summed E-state index contributed by atoms with van der Waals surface area (Å²) in [5.41, 5.74) is 0.693. The highest BCUT2D eigenvalue weighted by Gasteiger charge is 2.56. The summed E-state index contributed by atoms with van der Waals surface area (Å²) < 4.78 is 0. The fraction of sp³-hybridized carbons (Fsp3) is 0.467. The molecular weight excluding hydrogens is 276 g/mol. The maximum Gasteiger partial charge on any atom is 0.240 e. The smallest absolute Gasteiger partial charge is 0.240 e. The summed E-state index contributed by atoms with van der Waals surface area (Å²) in [6, 6.07) is 5.34. The van der Waals surface area contributed by atoms with Gasteiger partial charge in [-0.05, 0) is 43.9 Å². The third kappa shape index (κ3) is 2.96. The van der Waals surface area contributed by atoms with Crippen LogP contribution >= 0.6 is 11.6 Å². The Hall–Kier alpha value is -1.55. The van der Waals surface area contributed by atoms with Gasteiger partial charge < -0.3 is 10.6 Å². The minimum atomic E-state index is -0.882. The predicted octanol–water partition coefficient (Wildman–Crippen LogP) is 2.89. The molecule has 0 spiro atoms. The van der Waals surface area contributed by atoms with Gasteiger partial charge in [0.15, 0.2) is 0 Å². The highest BCUT2D eigenvalue weighted by atomic mass is 35.5. The van der Waals surface area contributed by atoms with Crippen molar-refractivity contribution in [3.05, 3.63) is 28.8 Å². The molecule has 0 aromatic heterocycles. The normalized spacial score (nSPS) is 15.6. The molecule has 4 nitrogen and oxygen atoms in total. The molecule has 108 valence electrons. The van der Waals surface area contributed by atoms with Crippen molar-refractivity contribution < 1.29 is 9.59 Å². The summed E-state index contributed by atoms with van der Waals surface area (Å²) >= 11 is 6.03. The number of amides is 2. The lowest BCUT2D eigenvalue weighted by Gasteiger charge is -2.15. The van der Waals surface area contributed by atoms with Crippen LogP contribution in [0.5, 0.6) is 0 Å². The van der Waals surface area contributed by atoms with Crippen LogP contribution in [0, 0.1) is 12.3 Å². The number of hydrogen-bond donors (Lipinski definition) is 2. The van der Waals surface area contributed by atoms with E-state index in [2.05, 4.69) is 10.6 Å². The van der Waals surface area contributed by atoms with Gasteiger partial charge in [-0.3, -0.25) is 9.59 Å². The number of halogens is 1. The molecule has 1 aliphatic carbocycles. The molecule has 0 bridgehead atoms. The second-order valence-electron chi connectivity index (χ2n) is 5.26. The Morgan fingerprint density at radius 3 is 2.55 bits per heavy atom. The van der Waals surface area contributed by atoms with E-state index in [0.29, 0.717) is 30.1 Å². The molecule has 1 saturated carbocycles. The summed E-state index contributed by atoms with van der Waals surface area (Å²) in [5.74, 6) is -0.416. The highest BCUT2D eigenvalue weighted by Crippen LogP contribution is 2.46. The number of nitrogens with one attached hydrogen (secondary N) is 2. The van der Waals surface area contributed by atoms with E-state index in [9.17, 15) is 9.59 Å². The van der Waals surface area contributed by atoms with Gasteiger partial charge in [0.25, 0.3) is 0 Å². The third-order valence-corrected chi connectivity index (χ3v) is 3.99. The van der Waals surface area contributed by atoms with Gasteiger partial charge in [0.05, 0.1) is 0 Å². The van der Waals surface area contributed by atoms with Crippen molar-refractivity contribution in [2.24, 2.45) is 5.41 Å². The molecule has 1 aromatic rings. The molecular formula is C15H19ClN2O2. The van der Waals surface area contributed by atoms with Gasteiger partial charge in [0, 0.05) is 17.3 Å². The molecule has 0 atom stereocenters. The molecule has 1 fully saturated rings. The van der Waals surface area contributed by atoms with Gasteiger partial charge in [0.2, 0.25) is 11.8 Å². The van der Waals surface area contributed by atoms with Crippen LogP contribution in [0.25, 0.3) is 0 Å². The molecule has 1 aromatic carbocycles. The van der Waals surface area contributed by atoms with Crippen LogP contribution in [0.4, 0.5) is 5.69 Å². The minimum absolute atomic E-state index is 0.171. The zero-order chi connectivity index (χ0) is 14.8. The van der Waals surface area contributed by atoms with Crippen molar-refractivity contribution >= 4 is 29.1 Å². The standard InChI is InChI=1S/C15H19ClN2O2/c1-3-8-17-13(19)15(6-7-15)14(20)18-11-5-4-10(2)12(16)9-11/h4-5,9H,3,6-8H2,1-2H3,(H,17,19)(H,18,20). The first kappa shape index (κ1) is 14.9. The third-order valence-electron chi connectivity index (χ3n) is 3.58. The lowest BCUT2D eigenvalue weighted by Crippen LogP contribution is -2.40. The van der Waals surface area contributed by atoms with Crippen LogP contribution in [0.1, 0.15) is 31.7 Å². The van der Waals surface area contributed by atoms with Crippen LogP contribution in [0.2, 0.25) is 5.02 Å². The second kappa shape index (κ2) is 5.83. The number of anilines is 1. The predicted molar refractivity (Wildman–Crippen MR) is 79.8 cm³/mol. The Balaban J connectivity index is 2.04. The molecule has 0 aliphatic heterocycles. The van der Waals surface area contributed by atoms with Gasteiger partial charge >= 0.3 is 0 Å². The van der Waals surface area contributed by atoms with Gasteiger partial charge in [-0.15, -0.1) is 0 Å². The monoisotopic (exact) mass is 294 g/mol. The number of rotatable bonds is 5. The summed E-state index contributed by atoms with van der Waals surface area (Å²) in [6.07, 6.45) is 2.07. The quantitative estimate of drug-likeness (QED) is 0.820. The summed E-state index contributed by atoms with van der Waals surface area (Å²) in [6.45, 7) is 4.48. The topological polar surface area (TPSA) is 58.2 Å². The van der Waals surface area contributed by atoms with Crippen molar-refractivity contribution in [3.8, 4) is 0 Å². The van der Waals surface area contributed by atoms with E-state index in [1.807, 2.05) is 19.9 Å². The Kier molecular flexibility index (Phi) is 4.33. The molecule has 20 heavy (non-hydrogen) atoms. The molecule has 0 unspecified atom stereocenters. The average molecular weight is 295 g/mol. The SMILES string of the molecule is CCCNC(=O)C1(C(=O)Nc2ccc(C)c(Cl)c2)CC1. The molecule has 5 heteroatoms. The molecule has 0 saturated heterocycles. The Labute approximate surface area is 123 Å². The molecule has 1 aliphatic rings. The van der Waals surface area contributed by atoms with Crippen LogP contribution < -0.4 is 10.6 Å². The van der Waals surface area contributed by atoms with Crippen LogP contribution in [-0.4, -0.2) is 18.4 Å². The number of benzene rings is 1. The lowest BCUT2D eigenvalue weighted by atomic mass is 10.0. The zero-order valence-corrected chi connectivity index (χ0v) is 12.5. The molecule has 2 amide bonds. The number of carbonyl (C=O) groups is 2. The lowest BCUT2D eigenvalue weighted by molar-refractivity contribution is -0.134. The van der Waals surface area contributed by atoms with Crippen molar-refractivity contribution in [2.75, 3.05) is 11.9 Å². The largest absolute Gasteiger partial charge is 0.355 e. The van der Waals surface area contributed by atoms with Gasteiger partial charge in [-0.2, -0.15) is 0 Å². The maximum absolute atomic E-state index is 12.3. The van der Waals surface area contributed by atoms with E-state index >= 15 is 0 Å². The van der Waals surface area contributed by atoms with E-state index in [1.54, 1.807) is 12.1 Å². The first-order valence-electron chi connectivity index (χ1n) is 6.85. The van der Waals surface area contributed by atoms with Crippen LogP contribution in [0.3, 0.4) is 0 Å². The van der Waals surface area contributed by atoms with E-state index in [1.165, 1.54) is 0 Å². The number of aryl methyl sites for hydroxylation is 1. The molecule has 2 rings (SSSR count). The summed E-state index contributed by atoms with van der Waals surface area (Å²) in [5, 5.41) is 6.18. The number of hydrogen-bond acceptors (Lipinski definition) is 2. The summed E-state index contributed by atoms with van der Waals surface area (Å²) in [7, 11) is 0. The van der Waals surface area contributed by atoms with Crippen LogP contribution in [0.15, 0.2) is 18.2 Å². The van der Waals surface area contributed by atoms with E-state index in [0.717, 1.165) is 12.0 Å². The molecule has 2 N–H and O–H groups in total. The Bertz CT molecular complexity index is 539. The van der Waals surface area contributed by atoms with Crippen molar-refractivity contribution in [1.29, 1.82) is 0 Å². The average Bonchev–Trinajstić information content (AvgIpc) is 3.22. The Morgan fingerprint density at radius 1 is 1.30 bits per heavy atom. The highest BCUT2D eigenvalue weighted by molar-refractivity contribution is 6.31. The van der Waals surface area contributed by atoms with Crippen molar-refractivity contribution in [3.63, 3.8) is 0 Å². The first-order valence-corrected chi connectivity index (χ1v) is 7.23. The summed E-state index contributed by atoms with van der Waals surface area (Å²) in [4.78, 5) is 24.3. The zero-order valence-electron chi connectivity index (χ0n) is 11.8. The van der Waals surface area contributed by atoms with E-state index in [4.69, 9.17) is 11.6 Å². The van der Waals surface area contributed by atoms with E-state index in [-0.39, 0.29) is 11.8 Å². The van der Waals surface area contributed by atoms with Gasteiger partial charge in [-0.1, -0.05) is 24.6 Å². The Morgan fingerprint density at radius 2 is 2.00 bits per heavy atom.